The molecule has 1 spiro atoms. The van der Waals surface area contributed by atoms with Gasteiger partial charge in [0.2, 0.25) is 5.75 Å². The van der Waals surface area contributed by atoms with Crippen molar-refractivity contribution in [1.82, 2.24) is 5.32 Å². The van der Waals surface area contributed by atoms with Crippen molar-refractivity contribution in [2.75, 3.05) is 33.5 Å². The van der Waals surface area contributed by atoms with Gasteiger partial charge in [0.1, 0.15) is 18.8 Å². The molecule has 3 aliphatic rings. The van der Waals surface area contributed by atoms with E-state index in [1.807, 2.05) is 0 Å². The molecule has 0 atom stereocenters. The molecule has 0 unspecified atom stereocenters. The highest BCUT2D eigenvalue weighted by Gasteiger charge is 2.60. The third kappa shape index (κ3) is 3.59. The Kier molecular flexibility index (Phi) is 5.02. The maximum absolute atomic E-state index is 14.0. The van der Waals surface area contributed by atoms with E-state index in [0.717, 1.165) is 0 Å². The van der Waals surface area contributed by atoms with Gasteiger partial charge in [-0.3, -0.25) is 4.79 Å². The van der Waals surface area contributed by atoms with Crippen molar-refractivity contribution in [3.63, 3.8) is 0 Å². The Morgan fingerprint density at radius 3 is 2.31 bits per heavy atom. The number of benzene rings is 1. The summed E-state index contributed by atoms with van der Waals surface area (Å²) in [6.45, 7) is 1.32. The predicted octanol–water partition coefficient (Wildman–Crippen LogP) is 2.81. The average Bonchev–Trinajstić information content (AvgIpc) is 3.16. The van der Waals surface area contributed by atoms with Gasteiger partial charge in [0.15, 0.2) is 17.3 Å². The van der Waals surface area contributed by atoms with Crippen molar-refractivity contribution in [3.05, 3.63) is 17.7 Å². The van der Waals surface area contributed by atoms with E-state index >= 15 is 0 Å². The Morgan fingerprint density at radius 1 is 1.03 bits per heavy atom. The normalized spacial score (nSPS) is 22.3. The minimum Gasteiger partial charge on any atom is -0.493 e. The zero-order chi connectivity index (χ0) is 20.7. The van der Waals surface area contributed by atoms with Gasteiger partial charge in [-0.1, -0.05) is 0 Å². The minimum absolute atomic E-state index is 0.00313. The molecule has 1 aromatic rings. The van der Waals surface area contributed by atoms with Gasteiger partial charge in [-0.05, 0) is 25.0 Å². The summed E-state index contributed by atoms with van der Waals surface area (Å²) in [4.78, 5) is 12.8. The molecule has 1 saturated heterocycles. The molecule has 2 fully saturated rings. The summed E-state index contributed by atoms with van der Waals surface area (Å²) >= 11 is 0. The van der Waals surface area contributed by atoms with Crippen LogP contribution in [0.25, 0.3) is 0 Å². The van der Waals surface area contributed by atoms with Gasteiger partial charge in [-0.15, -0.1) is 0 Å². The van der Waals surface area contributed by atoms with E-state index in [2.05, 4.69) is 5.32 Å². The second kappa shape index (κ2) is 7.24. The number of halogens is 3. The molecule has 29 heavy (non-hydrogen) atoms. The number of carbonyl (C=O) groups is 1. The summed E-state index contributed by atoms with van der Waals surface area (Å²) in [5.41, 5.74) is -2.35. The van der Waals surface area contributed by atoms with Crippen molar-refractivity contribution < 1.29 is 41.7 Å². The molecule has 0 aromatic heterocycles. The van der Waals surface area contributed by atoms with Crippen LogP contribution in [0.3, 0.4) is 0 Å². The fraction of sp³-hybridized carbons (Fsp3) is 0.632. The Hall–Kier alpha value is -2.20. The molecule has 4 rings (SSSR count). The van der Waals surface area contributed by atoms with E-state index in [9.17, 15) is 18.0 Å². The van der Waals surface area contributed by atoms with E-state index in [0.29, 0.717) is 25.6 Å². The molecular formula is C19H22F3NO6. The predicted molar refractivity (Wildman–Crippen MR) is 93.3 cm³/mol. The van der Waals surface area contributed by atoms with E-state index in [1.165, 1.54) is 19.2 Å². The van der Waals surface area contributed by atoms with Crippen LogP contribution in [0.1, 0.15) is 36.0 Å². The Morgan fingerprint density at radius 2 is 1.69 bits per heavy atom. The molecule has 1 aliphatic carbocycles. The first-order valence-corrected chi connectivity index (χ1v) is 9.42. The van der Waals surface area contributed by atoms with Crippen molar-refractivity contribution in [2.24, 2.45) is 0 Å². The largest absolute Gasteiger partial charge is 0.493 e. The molecule has 160 valence electrons. The van der Waals surface area contributed by atoms with Crippen LogP contribution >= 0.6 is 0 Å². The van der Waals surface area contributed by atoms with Crippen LogP contribution in [-0.4, -0.2) is 56.9 Å². The second-order valence-electron chi connectivity index (χ2n) is 7.34. The van der Waals surface area contributed by atoms with Crippen molar-refractivity contribution in [1.29, 1.82) is 0 Å². The van der Waals surface area contributed by atoms with Crippen LogP contribution in [0.2, 0.25) is 0 Å². The summed E-state index contributed by atoms with van der Waals surface area (Å²) in [7, 11) is 1.38. The van der Waals surface area contributed by atoms with Crippen LogP contribution in [0, 0.1) is 0 Å². The number of hydrogen-bond donors (Lipinski definition) is 1. The van der Waals surface area contributed by atoms with Crippen LogP contribution in [0.4, 0.5) is 13.2 Å². The van der Waals surface area contributed by atoms with Crippen molar-refractivity contribution in [3.8, 4) is 17.2 Å². The van der Waals surface area contributed by atoms with Gasteiger partial charge in [-0.2, -0.15) is 13.2 Å². The minimum atomic E-state index is -4.62. The summed E-state index contributed by atoms with van der Waals surface area (Å²) in [6.07, 6.45) is -5.18. The van der Waals surface area contributed by atoms with E-state index < -0.39 is 23.4 Å². The molecule has 2 heterocycles. The number of fused-ring (bicyclic) bond motifs is 1. The maximum atomic E-state index is 14.0. The summed E-state index contributed by atoms with van der Waals surface area (Å²) < 4.78 is 69.2. The lowest BCUT2D eigenvalue weighted by Gasteiger charge is -2.44. The van der Waals surface area contributed by atoms with E-state index in [1.54, 1.807) is 0 Å². The fourth-order valence-corrected chi connectivity index (χ4v) is 4.02. The molecule has 0 radical (unpaired) electrons. The quantitative estimate of drug-likeness (QED) is 0.815. The summed E-state index contributed by atoms with van der Waals surface area (Å²) in [5.74, 6) is -1.02. The van der Waals surface area contributed by atoms with Gasteiger partial charge >= 0.3 is 6.18 Å². The molecule has 1 saturated carbocycles. The number of rotatable bonds is 3. The first-order valence-electron chi connectivity index (χ1n) is 9.42. The van der Waals surface area contributed by atoms with Gasteiger partial charge in [0, 0.05) is 18.4 Å². The van der Waals surface area contributed by atoms with Crippen LogP contribution in [0.15, 0.2) is 12.1 Å². The number of hydrogen-bond acceptors (Lipinski definition) is 6. The molecular weight excluding hydrogens is 395 g/mol. The second-order valence-corrected chi connectivity index (χ2v) is 7.34. The Labute approximate surface area is 165 Å². The van der Waals surface area contributed by atoms with E-state index in [-0.39, 0.29) is 49.4 Å². The molecule has 0 bridgehead atoms. The Balaban J connectivity index is 1.58. The third-order valence-corrected chi connectivity index (χ3v) is 5.66. The number of ether oxygens (including phenoxy) is 5. The van der Waals surface area contributed by atoms with Gasteiger partial charge in [-0.25, -0.2) is 0 Å². The number of methoxy groups -OCH3 is 1. The highest BCUT2D eigenvalue weighted by Crippen LogP contribution is 2.47. The molecule has 10 heteroatoms. The van der Waals surface area contributed by atoms with E-state index in [4.69, 9.17) is 23.7 Å². The molecule has 7 nitrogen and oxygen atoms in total. The van der Waals surface area contributed by atoms with Crippen molar-refractivity contribution >= 4 is 5.91 Å². The van der Waals surface area contributed by atoms with Crippen LogP contribution < -0.4 is 19.5 Å². The lowest BCUT2D eigenvalue weighted by atomic mass is 9.77. The topological polar surface area (TPSA) is 75.3 Å². The monoisotopic (exact) mass is 417 g/mol. The first kappa shape index (κ1) is 20.1. The number of carbonyl (C=O) groups excluding carboxylic acids is 1. The standard InChI is InChI=1S/C19H22F3NO6/c1-25-13-10-12(11-14-15(13)27-7-6-26-14)16(24)23-17(19(20,21)22)2-4-18(5-3-17)28-8-9-29-18/h10-11H,2-9H2,1H3,(H,23,24). The SMILES string of the molecule is COc1cc(C(=O)NC2(C(F)(F)F)CCC3(CC2)OCCO3)cc2c1OCCO2. The molecule has 1 N–H and O–H groups in total. The Bertz CT molecular complexity index is 764. The first-order chi connectivity index (χ1) is 13.8. The fourth-order valence-electron chi connectivity index (χ4n) is 4.02. The van der Waals surface area contributed by atoms with Crippen LogP contribution in [-0.2, 0) is 9.47 Å². The molecule has 1 aromatic carbocycles. The van der Waals surface area contributed by atoms with Crippen molar-refractivity contribution in [2.45, 2.75) is 43.2 Å². The lowest BCUT2D eigenvalue weighted by Crippen LogP contribution is -2.62. The zero-order valence-corrected chi connectivity index (χ0v) is 15.9. The van der Waals surface area contributed by atoms with Gasteiger partial charge in [0.25, 0.3) is 5.91 Å². The number of nitrogens with one attached hydrogen (secondary N) is 1. The number of amides is 1. The molecule has 2 aliphatic heterocycles. The lowest BCUT2D eigenvalue weighted by molar-refractivity contribution is -0.240. The highest BCUT2D eigenvalue weighted by atomic mass is 19.4. The third-order valence-electron chi connectivity index (χ3n) is 5.66. The average molecular weight is 417 g/mol. The maximum Gasteiger partial charge on any atom is 0.411 e. The zero-order valence-electron chi connectivity index (χ0n) is 15.9. The smallest absolute Gasteiger partial charge is 0.411 e. The highest BCUT2D eigenvalue weighted by molar-refractivity contribution is 5.96. The summed E-state index contributed by atoms with van der Waals surface area (Å²) in [6, 6.07) is 2.71. The van der Waals surface area contributed by atoms with Gasteiger partial charge in [0.05, 0.1) is 20.3 Å². The summed E-state index contributed by atoms with van der Waals surface area (Å²) in [5, 5.41) is 2.23. The molecule has 1 amide bonds. The van der Waals surface area contributed by atoms with Crippen LogP contribution in [0.5, 0.6) is 17.2 Å². The number of alkyl halides is 3. The van der Waals surface area contributed by atoms with Gasteiger partial charge < -0.3 is 29.0 Å².